The van der Waals surface area contributed by atoms with Gasteiger partial charge in [0.1, 0.15) is 13.7 Å². The molecule has 0 aliphatic carbocycles. The van der Waals surface area contributed by atoms with Crippen LogP contribution in [0.15, 0.2) is 24.4 Å². The maximum absolute atomic E-state index is 15.0. The highest BCUT2D eigenvalue weighted by Crippen LogP contribution is 2.35. The summed E-state index contributed by atoms with van der Waals surface area (Å²) in [6.07, 6.45) is -1.31. The van der Waals surface area contributed by atoms with Gasteiger partial charge in [-0.3, -0.25) is 0 Å². The number of imidazole rings is 1. The van der Waals surface area contributed by atoms with Crippen molar-refractivity contribution >= 4 is 55.6 Å². The first kappa shape index (κ1) is 20.9. The van der Waals surface area contributed by atoms with E-state index in [4.69, 9.17) is 13.6 Å². The monoisotopic (exact) mass is 448 g/mol. The summed E-state index contributed by atoms with van der Waals surface area (Å²) in [5.74, 6) is -0.196. The standard InChI is InChI=1S/C18H16BF3N6S2/c1-8-24-11-3-2-9(4-13(11)27(8)7-14(21)22)15-10(20)6-28-16(15)12(5-18(19,29)30)25-17(23)26-28/h2-4,6,14,29-30H,5,7H2,1H3,(H2,23,26). The van der Waals surface area contributed by atoms with Crippen LogP contribution in [0.2, 0.25) is 0 Å². The van der Waals surface area contributed by atoms with Gasteiger partial charge in [0.25, 0.3) is 6.43 Å². The second kappa shape index (κ2) is 7.42. The lowest BCUT2D eigenvalue weighted by Crippen LogP contribution is -2.19. The van der Waals surface area contributed by atoms with Gasteiger partial charge in [0.2, 0.25) is 5.95 Å². The van der Waals surface area contributed by atoms with Crippen molar-refractivity contribution in [3.63, 3.8) is 0 Å². The summed E-state index contributed by atoms with van der Waals surface area (Å²) in [6.45, 7) is 1.13. The van der Waals surface area contributed by atoms with E-state index in [1.807, 2.05) is 0 Å². The molecule has 0 saturated heterocycles. The Labute approximate surface area is 181 Å². The Morgan fingerprint density at radius 3 is 2.67 bits per heavy atom. The number of aryl methyl sites for hydroxylation is 1. The molecule has 0 spiro atoms. The lowest BCUT2D eigenvalue weighted by molar-refractivity contribution is 0.127. The highest BCUT2D eigenvalue weighted by Gasteiger charge is 2.24. The van der Waals surface area contributed by atoms with Gasteiger partial charge < -0.3 is 10.3 Å². The van der Waals surface area contributed by atoms with Gasteiger partial charge in [-0.25, -0.2) is 27.7 Å². The lowest BCUT2D eigenvalue weighted by Gasteiger charge is -2.17. The molecule has 3 aromatic heterocycles. The van der Waals surface area contributed by atoms with Crippen LogP contribution in [0.5, 0.6) is 0 Å². The third-order valence-corrected chi connectivity index (χ3v) is 4.97. The SMILES string of the molecule is [B]C(S)(S)Cc1nc(N)nn2cc(F)c(-c3ccc4nc(C)n(CC(F)F)c4c3)c12. The Morgan fingerprint density at radius 1 is 1.27 bits per heavy atom. The Hall–Kier alpha value is -2.34. The Balaban J connectivity index is 1.97. The molecule has 0 aliphatic heterocycles. The molecule has 6 nitrogen and oxygen atoms in total. The van der Waals surface area contributed by atoms with E-state index in [9.17, 15) is 8.78 Å². The first-order valence-corrected chi connectivity index (χ1v) is 9.75. The number of halogens is 3. The van der Waals surface area contributed by atoms with Crippen LogP contribution < -0.4 is 5.73 Å². The first-order chi connectivity index (χ1) is 14.0. The van der Waals surface area contributed by atoms with Gasteiger partial charge in [0.05, 0.1) is 35.0 Å². The summed E-state index contributed by atoms with van der Waals surface area (Å²) in [5, 5.41) is 4.03. The molecule has 1 aromatic carbocycles. The fourth-order valence-electron chi connectivity index (χ4n) is 3.55. The maximum Gasteiger partial charge on any atom is 0.256 e. The van der Waals surface area contributed by atoms with E-state index >= 15 is 4.39 Å². The minimum Gasteiger partial charge on any atom is -0.367 e. The van der Waals surface area contributed by atoms with Crippen LogP contribution in [0.25, 0.3) is 27.7 Å². The first-order valence-electron chi connectivity index (χ1n) is 8.86. The van der Waals surface area contributed by atoms with Crippen LogP contribution in [-0.2, 0) is 13.0 Å². The number of aromatic nitrogens is 5. The zero-order chi connectivity index (χ0) is 21.8. The molecule has 0 unspecified atom stereocenters. The fourth-order valence-corrected chi connectivity index (χ4v) is 3.85. The summed E-state index contributed by atoms with van der Waals surface area (Å²) in [6, 6.07) is 4.94. The minimum atomic E-state index is -2.55. The van der Waals surface area contributed by atoms with Gasteiger partial charge in [-0.05, 0) is 24.6 Å². The predicted molar refractivity (Wildman–Crippen MR) is 117 cm³/mol. The average Bonchev–Trinajstić information content (AvgIpc) is 3.09. The second-order valence-corrected chi connectivity index (χ2v) is 8.93. The van der Waals surface area contributed by atoms with Gasteiger partial charge in [-0.15, -0.1) is 5.10 Å². The zero-order valence-corrected chi connectivity index (χ0v) is 17.5. The number of benzene rings is 1. The molecule has 0 bridgehead atoms. The summed E-state index contributed by atoms with van der Waals surface area (Å²) in [7, 11) is 5.89. The second-order valence-electron chi connectivity index (χ2n) is 6.98. The van der Waals surface area contributed by atoms with Gasteiger partial charge in [0.15, 0.2) is 5.82 Å². The van der Waals surface area contributed by atoms with E-state index in [1.165, 1.54) is 15.3 Å². The smallest absolute Gasteiger partial charge is 0.256 e. The molecule has 0 aliphatic rings. The number of nitrogens with two attached hydrogens (primary N) is 1. The number of thiol groups is 2. The molecule has 4 rings (SSSR count). The van der Waals surface area contributed by atoms with E-state index in [2.05, 4.69) is 40.3 Å². The zero-order valence-electron chi connectivity index (χ0n) is 15.7. The highest BCUT2D eigenvalue weighted by molar-refractivity contribution is 8.02. The van der Waals surface area contributed by atoms with Crippen LogP contribution in [0, 0.1) is 12.7 Å². The van der Waals surface area contributed by atoms with E-state index in [0.29, 0.717) is 33.6 Å². The molecule has 0 saturated carbocycles. The van der Waals surface area contributed by atoms with E-state index in [-0.39, 0.29) is 17.9 Å². The minimum absolute atomic E-state index is 0.0638. The number of hydrogen-bond acceptors (Lipinski definition) is 6. The molecule has 0 atom stereocenters. The quantitative estimate of drug-likeness (QED) is 0.249. The number of alkyl halides is 2. The number of nitrogens with zero attached hydrogens (tertiary/aromatic N) is 5. The molecule has 0 amide bonds. The Kier molecular flexibility index (Phi) is 5.17. The molecular weight excluding hydrogens is 432 g/mol. The van der Waals surface area contributed by atoms with Crippen molar-refractivity contribution in [2.24, 2.45) is 0 Å². The van der Waals surface area contributed by atoms with E-state index in [1.54, 1.807) is 25.1 Å². The molecule has 0 fully saturated rings. The van der Waals surface area contributed by atoms with Crippen molar-refractivity contribution in [3.8, 4) is 11.1 Å². The Morgan fingerprint density at radius 2 is 2.00 bits per heavy atom. The molecule has 30 heavy (non-hydrogen) atoms. The molecule has 2 N–H and O–H groups in total. The van der Waals surface area contributed by atoms with Gasteiger partial charge in [-0.2, -0.15) is 25.3 Å². The van der Waals surface area contributed by atoms with Crippen molar-refractivity contribution in [2.45, 2.75) is 30.3 Å². The van der Waals surface area contributed by atoms with Crippen molar-refractivity contribution in [1.29, 1.82) is 0 Å². The highest BCUT2D eigenvalue weighted by atomic mass is 32.2. The van der Waals surface area contributed by atoms with Crippen LogP contribution in [0.3, 0.4) is 0 Å². The summed E-state index contributed by atoms with van der Waals surface area (Å²) in [4.78, 5) is 8.50. The average molecular weight is 448 g/mol. The molecule has 4 aromatic rings. The van der Waals surface area contributed by atoms with Crippen molar-refractivity contribution in [1.82, 2.24) is 24.1 Å². The van der Waals surface area contributed by atoms with E-state index < -0.39 is 22.8 Å². The topological polar surface area (TPSA) is 74.0 Å². The third-order valence-electron chi connectivity index (χ3n) is 4.65. The predicted octanol–water partition coefficient (Wildman–Crippen LogP) is 3.27. The normalized spacial score (nSPS) is 12.5. The fraction of sp³-hybridized carbons (Fsp3) is 0.278. The third kappa shape index (κ3) is 3.85. The maximum atomic E-state index is 15.0. The van der Waals surface area contributed by atoms with Crippen molar-refractivity contribution in [3.05, 3.63) is 41.7 Å². The molecular formula is C18H16BF3N6S2. The van der Waals surface area contributed by atoms with Crippen LogP contribution >= 0.6 is 25.3 Å². The Bertz CT molecular complexity index is 1260. The van der Waals surface area contributed by atoms with Crippen molar-refractivity contribution in [2.75, 3.05) is 5.73 Å². The van der Waals surface area contributed by atoms with Crippen LogP contribution in [-0.4, -0.2) is 42.4 Å². The van der Waals surface area contributed by atoms with E-state index in [0.717, 1.165) is 0 Å². The molecule has 3 heterocycles. The summed E-state index contributed by atoms with van der Waals surface area (Å²) >= 11 is 8.41. The number of rotatable bonds is 5. The number of hydrogen-bond donors (Lipinski definition) is 3. The summed E-state index contributed by atoms with van der Waals surface area (Å²) < 4.78 is 42.5. The molecule has 154 valence electrons. The number of nitrogen functional groups attached to an aromatic ring is 1. The molecule has 12 heteroatoms. The number of fused-ring (bicyclic) bond motifs is 2. The van der Waals surface area contributed by atoms with Gasteiger partial charge in [-0.1, -0.05) is 6.07 Å². The van der Waals surface area contributed by atoms with Gasteiger partial charge >= 0.3 is 0 Å². The van der Waals surface area contributed by atoms with Crippen molar-refractivity contribution < 1.29 is 13.2 Å². The molecule has 2 radical (unpaired) electrons. The largest absolute Gasteiger partial charge is 0.367 e. The number of anilines is 1. The lowest BCUT2D eigenvalue weighted by atomic mass is 9.96. The van der Waals surface area contributed by atoms with Crippen LogP contribution in [0.1, 0.15) is 11.5 Å². The van der Waals surface area contributed by atoms with Crippen LogP contribution in [0.4, 0.5) is 19.1 Å². The summed E-state index contributed by atoms with van der Waals surface area (Å²) in [5.41, 5.74) is 8.10. The van der Waals surface area contributed by atoms with Gasteiger partial charge in [0, 0.05) is 16.0 Å².